The summed E-state index contributed by atoms with van der Waals surface area (Å²) in [6, 6.07) is 10.8. The van der Waals surface area contributed by atoms with Gasteiger partial charge in [0, 0.05) is 37.5 Å². The summed E-state index contributed by atoms with van der Waals surface area (Å²) in [4.78, 5) is 35.5. The molecule has 0 radical (unpaired) electrons. The molecular formula is C22H22FN5O6. The molecule has 0 saturated carbocycles. The van der Waals surface area contributed by atoms with Crippen LogP contribution in [0.5, 0.6) is 0 Å². The number of benzene rings is 2. The number of nitro benzene ring substituents is 1. The predicted octanol–water partition coefficient (Wildman–Crippen LogP) is 3.08. The third-order valence-corrected chi connectivity index (χ3v) is 4.56. The summed E-state index contributed by atoms with van der Waals surface area (Å²) in [6.45, 7) is 1.76. The van der Waals surface area contributed by atoms with Gasteiger partial charge in [-0.15, -0.1) is 0 Å². The molecule has 0 atom stereocenters. The van der Waals surface area contributed by atoms with E-state index in [1.807, 2.05) is 0 Å². The van der Waals surface area contributed by atoms with Crippen molar-refractivity contribution < 1.29 is 28.4 Å². The van der Waals surface area contributed by atoms with Crippen molar-refractivity contribution in [3.8, 4) is 5.69 Å². The summed E-state index contributed by atoms with van der Waals surface area (Å²) >= 11 is 0. The van der Waals surface area contributed by atoms with Crippen molar-refractivity contribution in [2.75, 3.05) is 37.5 Å². The van der Waals surface area contributed by atoms with Crippen LogP contribution < -0.4 is 10.6 Å². The minimum Gasteiger partial charge on any atom is -0.452 e. The van der Waals surface area contributed by atoms with Gasteiger partial charge >= 0.3 is 5.97 Å². The first-order chi connectivity index (χ1) is 16.3. The number of carbonyl (C=O) groups is 2. The molecule has 2 N–H and O–H groups in total. The van der Waals surface area contributed by atoms with Gasteiger partial charge in [-0.3, -0.25) is 14.9 Å². The molecule has 1 heterocycles. The monoisotopic (exact) mass is 471 g/mol. The van der Waals surface area contributed by atoms with E-state index in [0.717, 1.165) is 6.07 Å². The summed E-state index contributed by atoms with van der Waals surface area (Å²) in [5.74, 6) is -1.69. The summed E-state index contributed by atoms with van der Waals surface area (Å²) in [5, 5.41) is 20.9. The molecule has 0 aliphatic carbocycles. The van der Waals surface area contributed by atoms with Crippen LogP contribution in [0, 0.1) is 22.9 Å². The van der Waals surface area contributed by atoms with E-state index in [9.17, 15) is 24.1 Å². The van der Waals surface area contributed by atoms with Gasteiger partial charge in [-0.2, -0.15) is 5.10 Å². The lowest BCUT2D eigenvalue weighted by Gasteiger charge is -2.12. The van der Waals surface area contributed by atoms with Crippen molar-refractivity contribution in [3.63, 3.8) is 0 Å². The van der Waals surface area contributed by atoms with E-state index in [-0.39, 0.29) is 11.3 Å². The number of aromatic nitrogens is 2. The lowest BCUT2D eigenvalue weighted by Crippen LogP contribution is -2.23. The van der Waals surface area contributed by atoms with Crippen molar-refractivity contribution in [1.29, 1.82) is 0 Å². The maximum absolute atomic E-state index is 13.2. The van der Waals surface area contributed by atoms with Crippen LogP contribution in [-0.4, -0.2) is 53.4 Å². The maximum Gasteiger partial charge on any atom is 0.341 e. The van der Waals surface area contributed by atoms with Crippen LogP contribution in [0.1, 0.15) is 16.1 Å². The number of aryl methyl sites for hydroxylation is 1. The van der Waals surface area contributed by atoms with E-state index in [2.05, 4.69) is 15.7 Å². The second-order valence-electron chi connectivity index (χ2n) is 7.09. The quantitative estimate of drug-likeness (QED) is 0.199. The minimum atomic E-state index is -0.915. The number of ether oxygens (including phenoxy) is 2. The standard InChI is InChI=1S/C22H22FN5O6/c1-14-11-20(27(26-14)16-5-3-15(23)4-6-16)25-21(29)13-34-22(30)18-12-17(28(31)32)7-8-19(18)24-9-10-33-2/h3-8,11-12,24H,9-10,13H2,1-2H3,(H,25,29). The first-order valence-corrected chi connectivity index (χ1v) is 10.1. The molecule has 3 rings (SSSR count). The molecule has 1 amide bonds. The second-order valence-corrected chi connectivity index (χ2v) is 7.09. The topological polar surface area (TPSA) is 138 Å². The van der Waals surface area contributed by atoms with Gasteiger partial charge in [0.05, 0.1) is 28.5 Å². The van der Waals surface area contributed by atoms with Gasteiger partial charge in [0.15, 0.2) is 6.61 Å². The fourth-order valence-corrected chi connectivity index (χ4v) is 3.01. The number of rotatable bonds is 10. The van der Waals surface area contributed by atoms with Crippen LogP contribution >= 0.6 is 0 Å². The number of methoxy groups -OCH3 is 1. The zero-order chi connectivity index (χ0) is 24.7. The van der Waals surface area contributed by atoms with Crippen LogP contribution in [0.25, 0.3) is 5.69 Å². The van der Waals surface area contributed by atoms with Crippen LogP contribution in [0.15, 0.2) is 48.5 Å². The average molecular weight is 471 g/mol. The first-order valence-electron chi connectivity index (χ1n) is 10.1. The van der Waals surface area contributed by atoms with Gasteiger partial charge in [-0.1, -0.05) is 0 Å². The van der Waals surface area contributed by atoms with E-state index in [0.29, 0.717) is 36.0 Å². The normalized spacial score (nSPS) is 10.6. The smallest absolute Gasteiger partial charge is 0.341 e. The molecule has 0 saturated heterocycles. The Morgan fingerprint density at radius 3 is 2.59 bits per heavy atom. The third kappa shape index (κ3) is 6.13. The molecule has 0 aliphatic heterocycles. The molecule has 12 heteroatoms. The molecule has 1 aromatic heterocycles. The van der Waals surface area contributed by atoms with E-state index < -0.39 is 29.2 Å². The van der Waals surface area contributed by atoms with Crippen LogP contribution in [0.3, 0.4) is 0 Å². The van der Waals surface area contributed by atoms with Gasteiger partial charge in [0.2, 0.25) is 0 Å². The fourth-order valence-electron chi connectivity index (χ4n) is 3.01. The predicted molar refractivity (Wildman–Crippen MR) is 121 cm³/mol. The number of halogens is 1. The number of esters is 1. The Morgan fingerprint density at radius 1 is 1.18 bits per heavy atom. The Bertz CT molecular complexity index is 1190. The van der Waals surface area contributed by atoms with Crippen LogP contribution in [-0.2, 0) is 14.3 Å². The molecule has 34 heavy (non-hydrogen) atoms. The van der Waals surface area contributed by atoms with Crippen molar-refractivity contribution in [2.24, 2.45) is 0 Å². The third-order valence-electron chi connectivity index (χ3n) is 4.56. The van der Waals surface area contributed by atoms with Crippen molar-refractivity contribution in [1.82, 2.24) is 9.78 Å². The van der Waals surface area contributed by atoms with E-state index in [4.69, 9.17) is 9.47 Å². The first kappa shape index (κ1) is 24.3. The minimum absolute atomic E-state index is 0.0923. The van der Waals surface area contributed by atoms with Gasteiger partial charge in [0.25, 0.3) is 11.6 Å². The molecule has 178 valence electrons. The Morgan fingerprint density at radius 2 is 1.91 bits per heavy atom. The number of amides is 1. The number of hydrogen-bond donors (Lipinski definition) is 2. The fraction of sp³-hybridized carbons (Fsp3) is 0.227. The number of anilines is 2. The highest BCUT2D eigenvalue weighted by molar-refractivity contribution is 5.99. The number of nitrogens with one attached hydrogen (secondary N) is 2. The van der Waals surface area contributed by atoms with Gasteiger partial charge < -0.3 is 20.1 Å². The lowest BCUT2D eigenvalue weighted by molar-refractivity contribution is -0.384. The lowest BCUT2D eigenvalue weighted by atomic mass is 10.1. The van der Waals surface area contributed by atoms with Crippen LogP contribution in [0.4, 0.5) is 21.6 Å². The van der Waals surface area contributed by atoms with E-state index >= 15 is 0 Å². The Kier molecular flexibility index (Phi) is 7.88. The highest BCUT2D eigenvalue weighted by Crippen LogP contribution is 2.23. The average Bonchev–Trinajstić information content (AvgIpc) is 3.17. The molecule has 0 spiro atoms. The van der Waals surface area contributed by atoms with Crippen molar-refractivity contribution >= 4 is 29.1 Å². The number of nitrogens with zero attached hydrogens (tertiary/aromatic N) is 3. The Balaban J connectivity index is 1.70. The number of hydrogen-bond acceptors (Lipinski definition) is 8. The van der Waals surface area contributed by atoms with Crippen molar-refractivity contribution in [2.45, 2.75) is 6.92 Å². The van der Waals surface area contributed by atoms with Gasteiger partial charge in [-0.25, -0.2) is 13.9 Å². The molecule has 0 fully saturated rings. The zero-order valence-electron chi connectivity index (χ0n) is 18.4. The van der Waals surface area contributed by atoms with E-state index in [1.54, 1.807) is 13.0 Å². The number of carbonyl (C=O) groups excluding carboxylic acids is 2. The second kappa shape index (κ2) is 11.0. The van der Waals surface area contributed by atoms with E-state index in [1.165, 1.54) is 48.2 Å². The molecule has 0 unspecified atom stereocenters. The summed E-state index contributed by atoms with van der Waals surface area (Å²) in [5.41, 5.74) is 1.03. The number of nitro groups is 1. The summed E-state index contributed by atoms with van der Waals surface area (Å²) < 4.78 is 24.7. The largest absolute Gasteiger partial charge is 0.452 e. The van der Waals surface area contributed by atoms with Crippen LogP contribution in [0.2, 0.25) is 0 Å². The summed E-state index contributed by atoms with van der Waals surface area (Å²) in [7, 11) is 1.51. The SMILES string of the molecule is COCCNc1ccc([N+](=O)[O-])cc1C(=O)OCC(=O)Nc1cc(C)nn1-c1ccc(F)cc1. The van der Waals surface area contributed by atoms with Crippen molar-refractivity contribution in [3.05, 3.63) is 75.7 Å². The maximum atomic E-state index is 13.2. The molecule has 3 aromatic rings. The highest BCUT2D eigenvalue weighted by Gasteiger charge is 2.20. The molecule has 0 bridgehead atoms. The highest BCUT2D eigenvalue weighted by atomic mass is 19.1. The number of non-ortho nitro benzene ring substituents is 1. The molecule has 2 aromatic carbocycles. The Labute approximate surface area is 193 Å². The molecule has 11 nitrogen and oxygen atoms in total. The zero-order valence-corrected chi connectivity index (χ0v) is 18.4. The van der Waals surface area contributed by atoms with Gasteiger partial charge in [0.1, 0.15) is 11.6 Å². The summed E-state index contributed by atoms with van der Waals surface area (Å²) in [6.07, 6.45) is 0. The molecular weight excluding hydrogens is 449 g/mol. The molecule has 0 aliphatic rings. The Hall–Kier alpha value is -4.32. The van der Waals surface area contributed by atoms with Gasteiger partial charge in [-0.05, 0) is 37.3 Å².